The first-order valence-corrected chi connectivity index (χ1v) is 7.07. The normalized spacial score (nSPS) is 31.0. The molecule has 6 heteroatoms. The van der Waals surface area contributed by atoms with Crippen LogP contribution in [0, 0.1) is 16.7 Å². The highest BCUT2D eigenvalue weighted by Gasteiger charge is 2.62. The molecule has 0 unspecified atom stereocenters. The van der Waals surface area contributed by atoms with Crippen LogP contribution in [0.4, 0.5) is 19.0 Å². The van der Waals surface area contributed by atoms with Crippen LogP contribution in [0.3, 0.4) is 0 Å². The molecule has 2 aliphatic rings. The Hall–Kier alpha value is -1.30. The van der Waals surface area contributed by atoms with Crippen molar-refractivity contribution in [3.05, 3.63) is 23.9 Å². The molecular formula is C15H19F3N2O. The summed E-state index contributed by atoms with van der Waals surface area (Å²) in [6.45, 7) is 5.60. The van der Waals surface area contributed by atoms with Gasteiger partial charge in [0, 0.05) is 24.7 Å². The largest absolute Gasteiger partial charge is 0.416 e. The monoisotopic (exact) mass is 300 g/mol. The lowest BCUT2D eigenvalue weighted by Gasteiger charge is -2.55. The lowest BCUT2D eigenvalue weighted by molar-refractivity contribution is -0.137. The van der Waals surface area contributed by atoms with Crippen LogP contribution < -0.4 is 4.90 Å². The highest BCUT2D eigenvalue weighted by molar-refractivity contribution is 5.45. The van der Waals surface area contributed by atoms with Crippen molar-refractivity contribution in [1.29, 1.82) is 0 Å². The van der Waals surface area contributed by atoms with Gasteiger partial charge in [-0.2, -0.15) is 13.2 Å². The van der Waals surface area contributed by atoms with E-state index in [9.17, 15) is 18.3 Å². The predicted octanol–water partition coefficient (Wildman–Crippen LogP) is 2.95. The van der Waals surface area contributed by atoms with E-state index in [1.54, 1.807) is 0 Å². The summed E-state index contributed by atoms with van der Waals surface area (Å²) >= 11 is 0. The maximum Gasteiger partial charge on any atom is 0.416 e. The molecule has 3 rings (SSSR count). The first kappa shape index (κ1) is 14.6. The number of halogens is 3. The molecule has 2 atom stereocenters. The minimum absolute atomic E-state index is 0.0799. The van der Waals surface area contributed by atoms with Crippen molar-refractivity contribution >= 4 is 5.82 Å². The van der Waals surface area contributed by atoms with E-state index in [0.29, 0.717) is 24.8 Å². The van der Waals surface area contributed by atoms with Crippen LogP contribution in [0.2, 0.25) is 0 Å². The third-order valence-electron chi connectivity index (χ3n) is 5.11. The molecular weight excluding hydrogens is 281 g/mol. The number of hydrogen-bond acceptors (Lipinski definition) is 3. The number of alkyl halides is 3. The molecule has 3 nitrogen and oxygen atoms in total. The van der Waals surface area contributed by atoms with Gasteiger partial charge >= 0.3 is 6.18 Å². The van der Waals surface area contributed by atoms with Crippen LogP contribution in [0.25, 0.3) is 0 Å². The third-order valence-corrected chi connectivity index (χ3v) is 5.11. The maximum absolute atomic E-state index is 12.8. The average molecular weight is 300 g/mol. The fourth-order valence-corrected chi connectivity index (χ4v) is 4.28. The Bertz CT molecular complexity index is 558. The van der Waals surface area contributed by atoms with Gasteiger partial charge in [-0.05, 0) is 29.9 Å². The molecule has 0 radical (unpaired) electrons. The molecule has 1 aromatic heterocycles. The lowest BCUT2D eigenvalue weighted by atomic mass is 9.48. The second-order valence-corrected chi connectivity index (χ2v) is 7.02. The van der Waals surface area contributed by atoms with Gasteiger partial charge in [0.2, 0.25) is 0 Å². The van der Waals surface area contributed by atoms with Crippen LogP contribution >= 0.6 is 0 Å². The van der Waals surface area contributed by atoms with Gasteiger partial charge in [-0.1, -0.05) is 13.8 Å². The number of anilines is 1. The van der Waals surface area contributed by atoms with Crippen LogP contribution in [0.15, 0.2) is 18.3 Å². The molecule has 1 aliphatic carbocycles. The summed E-state index contributed by atoms with van der Waals surface area (Å²) in [5.74, 6) is 0.647. The predicted molar refractivity (Wildman–Crippen MR) is 72.9 cm³/mol. The Morgan fingerprint density at radius 1 is 1.43 bits per heavy atom. The van der Waals surface area contributed by atoms with E-state index in [-0.39, 0.29) is 17.4 Å². The molecule has 116 valence electrons. The van der Waals surface area contributed by atoms with Gasteiger partial charge in [-0.3, -0.25) is 0 Å². The molecule has 1 N–H and O–H groups in total. The van der Waals surface area contributed by atoms with E-state index in [1.165, 1.54) is 6.20 Å². The lowest BCUT2D eigenvalue weighted by Crippen LogP contribution is -2.54. The van der Waals surface area contributed by atoms with Crippen molar-refractivity contribution in [3.63, 3.8) is 0 Å². The number of aliphatic hydroxyl groups is 1. The zero-order valence-electron chi connectivity index (χ0n) is 12.1. The Kier molecular flexibility index (Phi) is 3.03. The van der Waals surface area contributed by atoms with E-state index < -0.39 is 11.7 Å². The first-order chi connectivity index (χ1) is 9.68. The number of aliphatic hydroxyl groups excluding tert-OH is 1. The smallest absolute Gasteiger partial charge is 0.396 e. The van der Waals surface area contributed by atoms with Gasteiger partial charge in [-0.25, -0.2) is 4.98 Å². The Morgan fingerprint density at radius 3 is 2.67 bits per heavy atom. The van der Waals surface area contributed by atoms with Crippen LogP contribution in [-0.4, -0.2) is 29.8 Å². The van der Waals surface area contributed by atoms with Gasteiger partial charge in [-0.15, -0.1) is 0 Å². The first-order valence-electron chi connectivity index (χ1n) is 7.07. The number of rotatable bonds is 2. The summed E-state index contributed by atoms with van der Waals surface area (Å²) in [7, 11) is 0. The van der Waals surface area contributed by atoms with Crippen molar-refractivity contribution in [2.75, 3.05) is 24.6 Å². The number of aromatic nitrogens is 1. The Labute approximate surface area is 121 Å². The highest BCUT2D eigenvalue weighted by Crippen LogP contribution is 2.62. The minimum atomic E-state index is -4.36. The van der Waals surface area contributed by atoms with E-state index in [2.05, 4.69) is 18.8 Å². The Balaban J connectivity index is 1.87. The molecule has 1 saturated heterocycles. The number of pyridine rings is 1. The van der Waals surface area contributed by atoms with Crippen LogP contribution in [0.1, 0.15) is 25.8 Å². The second-order valence-electron chi connectivity index (χ2n) is 7.02. The summed E-state index contributed by atoms with van der Waals surface area (Å²) in [5, 5.41) is 9.70. The Morgan fingerprint density at radius 2 is 2.14 bits per heavy atom. The van der Waals surface area contributed by atoms with Crippen molar-refractivity contribution in [2.24, 2.45) is 16.7 Å². The van der Waals surface area contributed by atoms with Gasteiger partial charge in [0.15, 0.2) is 0 Å². The minimum Gasteiger partial charge on any atom is -0.396 e. The van der Waals surface area contributed by atoms with Crippen molar-refractivity contribution in [1.82, 2.24) is 4.98 Å². The average Bonchev–Trinajstić information content (AvgIpc) is 2.73. The molecule has 1 saturated carbocycles. The SMILES string of the molecule is CC1(C)C[C@]2(CO)CN(c3cc(C(F)(F)F)ccn3)C[C@H]12. The van der Waals surface area contributed by atoms with E-state index in [4.69, 9.17) is 0 Å². The van der Waals surface area contributed by atoms with E-state index >= 15 is 0 Å². The molecule has 1 aromatic rings. The zero-order chi connectivity index (χ0) is 15.5. The van der Waals surface area contributed by atoms with Gasteiger partial charge < -0.3 is 10.0 Å². The van der Waals surface area contributed by atoms with Crippen LogP contribution in [-0.2, 0) is 6.18 Å². The number of nitrogens with zero attached hydrogens (tertiary/aromatic N) is 2. The fraction of sp³-hybridized carbons (Fsp3) is 0.667. The number of fused-ring (bicyclic) bond motifs is 1. The van der Waals surface area contributed by atoms with E-state index in [0.717, 1.165) is 18.6 Å². The highest BCUT2D eigenvalue weighted by atomic mass is 19.4. The second kappa shape index (κ2) is 4.35. The van der Waals surface area contributed by atoms with Gasteiger partial charge in [0.1, 0.15) is 5.82 Å². The maximum atomic E-state index is 12.8. The van der Waals surface area contributed by atoms with Crippen molar-refractivity contribution in [2.45, 2.75) is 26.4 Å². The summed E-state index contributed by atoms with van der Waals surface area (Å²) < 4.78 is 38.4. The van der Waals surface area contributed by atoms with Crippen molar-refractivity contribution < 1.29 is 18.3 Å². The topological polar surface area (TPSA) is 36.4 Å². The quantitative estimate of drug-likeness (QED) is 0.912. The summed E-state index contributed by atoms with van der Waals surface area (Å²) in [6, 6.07) is 2.09. The molecule has 0 spiro atoms. The van der Waals surface area contributed by atoms with Gasteiger partial charge in [0.05, 0.1) is 12.2 Å². The molecule has 0 bridgehead atoms. The summed E-state index contributed by atoms with van der Waals surface area (Å²) in [4.78, 5) is 5.97. The fourth-order valence-electron chi connectivity index (χ4n) is 4.28. The third kappa shape index (κ3) is 2.20. The molecule has 21 heavy (non-hydrogen) atoms. The van der Waals surface area contributed by atoms with Crippen molar-refractivity contribution in [3.8, 4) is 0 Å². The number of hydrogen-bond donors (Lipinski definition) is 1. The van der Waals surface area contributed by atoms with Crippen LogP contribution in [0.5, 0.6) is 0 Å². The zero-order valence-corrected chi connectivity index (χ0v) is 12.1. The molecule has 1 aliphatic heterocycles. The standard InChI is InChI=1S/C15H19F3N2O/c1-13(2)7-14(9-21)8-20(6-11(13)14)12-5-10(3-4-19-12)15(16,17)18/h3-5,11,21H,6-9H2,1-2H3/t11-,14-/m1/s1. The molecule has 2 heterocycles. The summed E-state index contributed by atoms with van der Waals surface area (Å²) in [5.41, 5.74) is -0.734. The molecule has 0 amide bonds. The molecule has 2 fully saturated rings. The summed E-state index contributed by atoms with van der Waals surface area (Å²) in [6.07, 6.45) is -2.25. The van der Waals surface area contributed by atoms with Gasteiger partial charge in [0.25, 0.3) is 0 Å². The molecule has 0 aromatic carbocycles. The van der Waals surface area contributed by atoms with E-state index in [1.807, 2.05) is 4.90 Å².